The van der Waals surface area contributed by atoms with Gasteiger partial charge >= 0.3 is 6.09 Å². The Balaban J connectivity index is 2.59. The highest BCUT2D eigenvalue weighted by atomic mass is 19.1. The van der Waals surface area contributed by atoms with Crippen molar-refractivity contribution in [2.45, 2.75) is 26.4 Å². The van der Waals surface area contributed by atoms with Gasteiger partial charge in [-0.2, -0.15) is 9.49 Å². The molecule has 1 aromatic heterocycles. The third-order valence-corrected chi connectivity index (χ3v) is 1.27. The molecule has 0 saturated heterocycles. The van der Waals surface area contributed by atoms with E-state index in [4.69, 9.17) is 4.74 Å². The smallest absolute Gasteiger partial charge is 0.412 e. The number of carbonyl (C=O) groups excluding carboxylic acids is 1. The van der Waals surface area contributed by atoms with Crippen LogP contribution in [0, 0.1) is 5.95 Å². The largest absolute Gasteiger partial charge is 0.444 e. The van der Waals surface area contributed by atoms with Crippen molar-refractivity contribution in [3.8, 4) is 0 Å². The van der Waals surface area contributed by atoms with E-state index in [1.165, 1.54) is 6.20 Å². The summed E-state index contributed by atoms with van der Waals surface area (Å²) in [6, 6.07) is 1.05. The van der Waals surface area contributed by atoms with Crippen molar-refractivity contribution < 1.29 is 13.9 Å². The minimum absolute atomic E-state index is 0.205. The van der Waals surface area contributed by atoms with Crippen LogP contribution >= 0.6 is 0 Å². The van der Waals surface area contributed by atoms with Crippen molar-refractivity contribution in [2.75, 3.05) is 5.32 Å². The van der Waals surface area contributed by atoms with E-state index in [0.29, 0.717) is 0 Å². The number of nitrogens with one attached hydrogen (secondary N) is 1. The van der Waals surface area contributed by atoms with Gasteiger partial charge in [-0.25, -0.2) is 4.79 Å². The Morgan fingerprint density at radius 3 is 2.73 bits per heavy atom. The van der Waals surface area contributed by atoms with Crippen LogP contribution in [0.5, 0.6) is 0 Å². The molecule has 5 nitrogen and oxygen atoms in total. The van der Waals surface area contributed by atoms with Gasteiger partial charge in [0.15, 0.2) is 0 Å². The number of rotatable bonds is 1. The van der Waals surface area contributed by atoms with Crippen LogP contribution in [0.2, 0.25) is 0 Å². The predicted octanol–water partition coefficient (Wildman–Crippen LogP) is 1.96. The van der Waals surface area contributed by atoms with Gasteiger partial charge in [0.05, 0.1) is 11.9 Å². The summed E-state index contributed by atoms with van der Waals surface area (Å²) >= 11 is 0. The van der Waals surface area contributed by atoms with E-state index >= 15 is 0 Å². The molecule has 82 valence electrons. The van der Waals surface area contributed by atoms with E-state index in [9.17, 15) is 9.18 Å². The minimum atomic E-state index is -0.761. The molecule has 0 atom stereocenters. The first-order valence-corrected chi connectivity index (χ1v) is 4.35. The maximum Gasteiger partial charge on any atom is 0.412 e. The Bertz CT molecular complexity index is 363. The van der Waals surface area contributed by atoms with Crippen LogP contribution in [0.25, 0.3) is 0 Å². The van der Waals surface area contributed by atoms with E-state index in [2.05, 4.69) is 15.5 Å². The molecule has 1 N–H and O–H groups in total. The third kappa shape index (κ3) is 4.35. The van der Waals surface area contributed by atoms with Crippen molar-refractivity contribution >= 4 is 11.8 Å². The van der Waals surface area contributed by atoms with Crippen molar-refractivity contribution in [3.05, 3.63) is 18.2 Å². The Morgan fingerprint density at radius 2 is 2.20 bits per heavy atom. The van der Waals surface area contributed by atoms with E-state index in [-0.39, 0.29) is 5.69 Å². The first-order chi connectivity index (χ1) is 6.87. The van der Waals surface area contributed by atoms with Gasteiger partial charge in [0, 0.05) is 6.07 Å². The number of carbonyl (C=O) groups is 1. The first kappa shape index (κ1) is 11.4. The fourth-order valence-electron chi connectivity index (χ4n) is 0.830. The molecule has 0 unspecified atom stereocenters. The second kappa shape index (κ2) is 4.20. The number of ether oxygens (including phenoxy) is 1. The van der Waals surface area contributed by atoms with Gasteiger partial charge in [-0.15, -0.1) is 5.10 Å². The number of hydrogen-bond donors (Lipinski definition) is 1. The van der Waals surface area contributed by atoms with E-state index < -0.39 is 17.6 Å². The third-order valence-electron chi connectivity index (χ3n) is 1.27. The van der Waals surface area contributed by atoms with Gasteiger partial charge < -0.3 is 4.74 Å². The Kier molecular flexibility index (Phi) is 3.18. The summed E-state index contributed by atoms with van der Waals surface area (Å²) in [6.45, 7) is 5.20. The van der Waals surface area contributed by atoms with Crippen molar-refractivity contribution in [1.82, 2.24) is 10.2 Å². The summed E-state index contributed by atoms with van der Waals surface area (Å²) in [5.74, 6) is -0.761. The van der Waals surface area contributed by atoms with Gasteiger partial charge in [0.2, 0.25) is 5.95 Å². The second-order valence-corrected chi connectivity index (χ2v) is 3.89. The van der Waals surface area contributed by atoms with Crippen LogP contribution in [0.1, 0.15) is 20.8 Å². The molecule has 15 heavy (non-hydrogen) atoms. The van der Waals surface area contributed by atoms with E-state index in [0.717, 1.165) is 6.07 Å². The average Bonchev–Trinajstić information content (AvgIpc) is 1.99. The molecule has 6 heteroatoms. The molecule has 1 heterocycles. The minimum Gasteiger partial charge on any atom is -0.444 e. The molecule has 0 bridgehead atoms. The second-order valence-electron chi connectivity index (χ2n) is 3.89. The maximum atomic E-state index is 12.6. The Morgan fingerprint density at radius 1 is 1.53 bits per heavy atom. The van der Waals surface area contributed by atoms with Gasteiger partial charge in [-0.3, -0.25) is 5.32 Å². The summed E-state index contributed by atoms with van der Waals surface area (Å²) in [6.07, 6.45) is 0.572. The molecule has 0 spiro atoms. The van der Waals surface area contributed by atoms with Crippen LogP contribution in [0.4, 0.5) is 14.9 Å². The highest BCUT2D eigenvalue weighted by Crippen LogP contribution is 2.10. The number of amides is 1. The number of anilines is 1. The van der Waals surface area contributed by atoms with Crippen LogP contribution in [-0.2, 0) is 4.74 Å². The lowest BCUT2D eigenvalue weighted by molar-refractivity contribution is 0.0636. The molecule has 1 amide bonds. The number of hydrogen-bond acceptors (Lipinski definition) is 4. The number of nitrogens with zero attached hydrogens (tertiary/aromatic N) is 2. The zero-order chi connectivity index (χ0) is 11.5. The fraction of sp³-hybridized carbons (Fsp3) is 0.444. The van der Waals surface area contributed by atoms with Crippen LogP contribution in [0.15, 0.2) is 12.3 Å². The maximum absolute atomic E-state index is 12.6. The SMILES string of the molecule is CC(C)(C)OC(=O)Nc1cnnc(F)c1. The Labute approximate surface area is 86.7 Å². The molecule has 0 aliphatic rings. The summed E-state index contributed by atoms with van der Waals surface area (Å²) < 4.78 is 17.6. The summed E-state index contributed by atoms with van der Waals surface area (Å²) in [5, 5.41) is 8.79. The molecule has 1 rings (SSSR count). The molecule has 0 fully saturated rings. The zero-order valence-corrected chi connectivity index (χ0v) is 8.74. The zero-order valence-electron chi connectivity index (χ0n) is 8.74. The van der Waals surface area contributed by atoms with E-state index in [1.54, 1.807) is 20.8 Å². The van der Waals surface area contributed by atoms with Crippen LogP contribution in [0.3, 0.4) is 0 Å². The molecule has 0 radical (unpaired) electrons. The van der Waals surface area contributed by atoms with Crippen molar-refractivity contribution in [2.24, 2.45) is 0 Å². The molecular formula is C9H12FN3O2. The Hall–Kier alpha value is -1.72. The van der Waals surface area contributed by atoms with Gasteiger partial charge in [0.25, 0.3) is 0 Å². The van der Waals surface area contributed by atoms with Gasteiger partial charge in [0.1, 0.15) is 5.60 Å². The normalized spacial score (nSPS) is 10.9. The summed E-state index contributed by atoms with van der Waals surface area (Å²) in [7, 11) is 0. The molecule has 0 aliphatic heterocycles. The molecule has 0 saturated carbocycles. The average molecular weight is 213 g/mol. The predicted molar refractivity (Wildman–Crippen MR) is 51.8 cm³/mol. The monoisotopic (exact) mass is 213 g/mol. The molecule has 1 aromatic rings. The molecule has 0 aliphatic carbocycles. The molecular weight excluding hydrogens is 201 g/mol. The highest BCUT2D eigenvalue weighted by molar-refractivity contribution is 5.84. The first-order valence-electron chi connectivity index (χ1n) is 4.35. The van der Waals surface area contributed by atoms with Gasteiger partial charge in [-0.1, -0.05) is 0 Å². The highest BCUT2D eigenvalue weighted by Gasteiger charge is 2.16. The van der Waals surface area contributed by atoms with Crippen molar-refractivity contribution in [3.63, 3.8) is 0 Å². The standard InChI is InChI=1S/C9H12FN3O2/c1-9(2,3)15-8(14)12-6-4-7(10)13-11-5-6/h4-5H,1-3H3,(H,12,13,14). The lowest BCUT2D eigenvalue weighted by atomic mass is 10.2. The quantitative estimate of drug-likeness (QED) is 0.774. The summed E-state index contributed by atoms with van der Waals surface area (Å²) in [5.41, 5.74) is -0.389. The summed E-state index contributed by atoms with van der Waals surface area (Å²) in [4.78, 5) is 11.2. The topological polar surface area (TPSA) is 64.1 Å². The van der Waals surface area contributed by atoms with Crippen molar-refractivity contribution in [1.29, 1.82) is 0 Å². The van der Waals surface area contributed by atoms with Crippen LogP contribution < -0.4 is 5.32 Å². The number of aromatic nitrogens is 2. The van der Waals surface area contributed by atoms with Crippen LogP contribution in [-0.4, -0.2) is 21.9 Å². The van der Waals surface area contributed by atoms with E-state index in [1.807, 2.05) is 0 Å². The lowest BCUT2D eigenvalue weighted by Gasteiger charge is -2.19. The lowest BCUT2D eigenvalue weighted by Crippen LogP contribution is -2.27. The van der Waals surface area contributed by atoms with Gasteiger partial charge in [-0.05, 0) is 20.8 Å². The molecule has 0 aromatic carbocycles. The number of halogens is 1. The fourth-order valence-corrected chi connectivity index (χ4v) is 0.830.